The lowest BCUT2D eigenvalue weighted by atomic mass is 9.93. The normalized spacial score (nSPS) is 18.9. The molecule has 0 saturated heterocycles. The number of aryl methyl sites for hydroxylation is 3. The molecule has 96 valence electrons. The van der Waals surface area contributed by atoms with E-state index in [0.717, 1.165) is 19.4 Å². The summed E-state index contributed by atoms with van der Waals surface area (Å²) in [6, 6.07) is 2.44. The van der Waals surface area contributed by atoms with E-state index in [1.807, 2.05) is 17.9 Å². The third-order valence-corrected chi connectivity index (χ3v) is 3.84. The number of hydrogen-bond acceptors (Lipinski definition) is 2. The van der Waals surface area contributed by atoms with Gasteiger partial charge in [0.15, 0.2) is 0 Å². The van der Waals surface area contributed by atoms with Gasteiger partial charge in [0, 0.05) is 37.7 Å². The second-order valence-corrected chi connectivity index (χ2v) is 5.18. The van der Waals surface area contributed by atoms with Crippen molar-refractivity contribution in [3.8, 4) is 0 Å². The van der Waals surface area contributed by atoms with Crippen molar-refractivity contribution in [2.24, 2.45) is 12.8 Å². The molecule has 0 radical (unpaired) electrons. The summed E-state index contributed by atoms with van der Waals surface area (Å²) in [6.07, 6.45) is 10.8. The summed E-state index contributed by atoms with van der Waals surface area (Å²) >= 11 is 0. The second-order valence-electron chi connectivity index (χ2n) is 5.18. The number of nitrogens with two attached hydrogens (primary N) is 1. The van der Waals surface area contributed by atoms with Crippen molar-refractivity contribution >= 4 is 0 Å². The molecule has 2 heterocycles. The molecule has 4 nitrogen and oxygen atoms in total. The highest BCUT2D eigenvalue weighted by Gasteiger charge is 2.19. The maximum atomic E-state index is 6.14. The van der Waals surface area contributed by atoms with Crippen LogP contribution in [0.15, 0.2) is 24.7 Å². The Labute approximate surface area is 107 Å². The molecular formula is C14H20N4. The molecule has 0 aromatic carbocycles. The second kappa shape index (κ2) is 4.61. The Hall–Kier alpha value is -1.55. The first-order valence-corrected chi connectivity index (χ1v) is 6.65. The quantitative estimate of drug-likeness (QED) is 0.895. The molecule has 1 atom stereocenters. The minimum atomic E-state index is 0.244. The Morgan fingerprint density at radius 1 is 1.50 bits per heavy atom. The van der Waals surface area contributed by atoms with Gasteiger partial charge in [0.2, 0.25) is 0 Å². The van der Waals surface area contributed by atoms with Gasteiger partial charge in [0.1, 0.15) is 0 Å². The molecule has 18 heavy (non-hydrogen) atoms. The maximum absolute atomic E-state index is 6.14. The van der Waals surface area contributed by atoms with Gasteiger partial charge in [-0.15, -0.1) is 0 Å². The van der Waals surface area contributed by atoms with Gasteiger partial charge in [-0.2, -0.15) is 5.10 Å². The molecule has 1 unspecified atom stereocenters. The van der Waals surface area contributed by atoms with Crippen molar-refractivity contribution in [2.75, 3.05) is 0 Å². The van der Waals surface area contributed by atoms with Gasteiger partial charge in [-0.25, -0.2) is 0 Å². The topological polar surface area (TPSA) is 48.8 Å². The summed E-state index contributed by atoms with van der Waals surface area (Å²) in [4.78, 5) is 0. The van der Waals surface area contributed by atoms with Gasteiger partial charge in [0.05, 0.1) is 6.20 Å². The van der Waals surface area contributed by atoms with Crippen LogP contribution in [0.3, 0.4) is 0 Å². The van der Waals surface area contributed by atoms with Gasteiger partial charge in [-0.1, -0.05) is 0 Å². The lowest BCUT2D eigenvalue weighted by Gasteiger charge is -2.20. The van der Waals surface area contributed by atoms with Gasteiger partial charge < -0.3 is 10.3 Å². The zero-order chi connectivity index (χ0) is 12.5. The van der Waals surface area contributed by atoms with Crippen molar-refractivity contribution in [1.29, 1.82) is 0 Å². The van der Waals surface area contributed by atoms with Crippen LogP contribution in [0.1, 0.15) is 35.7 Å². The van der Waals surface area contributed by atoms with Gasteiger partial charge in [-0.05, 0) is 42.9 Å². The van der Waals surface area contributed by atoms with E-state index in [0.29, 0.717) is 0 Å². The smallest absolute Gasteiger partial charge is 0.0522 e. The van der Waals surface area contributed by atoms with Crippen molar-refractivity contribution in [2.45, 2.75) is 38.3 Å². The first-order valence-electron chi connectivity index (χ1n) is 6.65. The molecule has 2 N–H and O–H groups in total. The molecule has 0 bridgehead atoms. The fourth-order valence-corrected chi connectivity index (χ4v) is 2.85. The van der Waals surface area contributed by atoms with Crippen LogP contribution in [-0.4, -0.2) is 14.3 Å². The molecule has 0 fully saturated rings. The lowest BCUT2D eigenvalue weighted by Crippen LogP contribution is -2.18. The van der Waals surface area contributed by atoms with Crippen LogP contribution in [0.25, 0.3) is 0 Å². The first kappa shape index (κ1) is 11.5. The predicted octanol–water partition coefficient (Wildman–Crippen LogP) is 1.80. The predicted molar refractivity (Wildman–Crippen MR) is 71.2 cm³/mol. The average Bonchev–Trinajstić information content (AvgIpc) is 2.94. The van der Waals surface area contributed by atoms with Crippen LogP contribution in [0.5, 0.6) is 0 Å². The highest BCUT2D eigenvalue weighted by atomic mass is 15.2. The highest BCUT2D eigenvalue weighted by Crippen LogP contribution is 2.28. The van der Waals surface area contributed by atoms with Crippen molar-refractivity contribution in [3.63, 3.8) is 0 Å². The third kappa shape index (κ3) is 2.08. The number of nitrogens with zero attached hydrogens (tertiary/aromatic N) is 3. The zero-order valence-corrected chi connectivity index (χ0v) is 10.8. The fraction of sp³-hybridized carbons (Fsp3) is 0.500. The maximum Gasteiger partial charge on any atom is 0.0522 e. The first-order chi connectivity index (χ1) is 8.74. The summed E-state index contributed by atoms with van der Waals surface area (Å²) in [6.45, 7) is 1.02. The number of hydrogen-bond donors (Lipinski definition) is 1. The monoisotopic (exact) mass is 244 g/mol. The standard InChI is InChI=1S/C14H20N4/c1-17-10-11(9-16-17)5-7-18-8-6-12-13(15)3-2-4-14(12)18/h6,8-10,13H,2-5,7,15H2,1H3. The number of rotatable bonds is 3. The van der Waals surface area contributed by atoms with Crippen molar-refractivity contribution in [3.05, 3.63) is 41.5 Å². The highest BCUT2D eigenvalue weighted by molar-refractivity contribution is 5.28. The van der Waals surface area contributed by atoms with Crippen LogP contribution in [0, 0.1) is 0 Å². The molecular weight excluding hydrogens is 224 g/mol. The molecule has 0 amide bonds. The number of fused-ring (bicyclic) bond motifs is 1. The van der Waals surface area contributed by atoms with E-state index in [4.69, 9.17) is 5.73 Å². The summed E-state index contributed by atoms with van der Waals surface area (Å²) in [5, 5.41) is 4.20. The Bertz CT molecular complexity index is 538. The van der Waals surface area contributed by atoms with E-state index >= 15 is 0 Å². The Morgan fingerprint density at radius 2 is 2.39 bits per heavy atom. The summed E-state index contributed by atoms with van der Waals surface area (Å²) < 4.78 is 4.22. The Balaban J connectivity index is 1.73. The lowest BCUT2D eigenvalue weighted by molar-refractivity contribution is 0.539. The molecule has 4 heteroatoms. The van der Waals surface area contributed by atoms with E-state index in [9.17, 15) is 0 Å². The zero-order valence-electron chi connectivity index (χ0n) is 10.8. The minimum absolute atomic E-state index is 0.244. The number of aromatic nitrogens is 3. The molecule has 2 aromatic rings. The molecule has 3 rings (SSSR count). The van der Waals surface area contributed by atoms with Crippen LogP contribution in [0.4, 0.5) is 0 Å². The van der Waals surface area contributed by atoms with Gasteiger partial charge >= 0.3 is 0 Å². The van der Waals surface area contributed by atoms with Crippen LogP contribution < -0.4 is 5.73 Å². The third-order valence-electron chi connectivity index (χ3n) is 3.84. The van der Waals surface area contributed by atoms with Crippen LogP contribution in [-0.2, 0) is 26.4 Å². The van der Waals surface area contributed by atoms with E-state index < -0.39 is 0 Å². The molecule has 0 aliphatic heterocycles. The molecule has 1 aliphatic rings. The van der Waals surface area contributed by atoms with E-state index in [2.05, 4.69) is 28.1 Å². The Morgan fingerprint density at radius 3 is 3.17 bits per heavy atom. The molecule has 0 saturated carbocycles. The molecule has 2 aromatic heterocycles. The van der Waals surface area contributed by atoms with Gasteiger partial charge in [-0.3, -0.25) is 4.68 Å². The summed E-state index contributed by atoms with van der Waals surface area (Å²) in [7, 11) is 1.96. The van der Waals surface area contributed by atoms with Crippen LogP contribution in [0.2, 0.25) is 0 Å². The fourth-order valence-electron chi connectivity index (χ4n) is 2.85. The van der Waals surface area contributed by atoms with E-state index in [1.54, 1.807) is 0 Å². The summed E-state index contributed by atoms with van der Waals surface area (Å²) in [5.74, 6) is 0. The Kier molecular flexibility index (Phi) is 2.96. The van der Waals surface area contributed by atoms with Crippen LogP contribution >= 0.6 is 0 Å². The van der Waals surface area contributed by atoms with Crippen molar-refractivity contribution in [1.82, 2.24) is 14.3 Å². The van der Waals surface area contributed by atoms with E-state index in [-0.39, 0.29) is 6.04 Å². The minimum Gasteiger partial charge on any atom is -0.351 e. The average molecular weight is 244 g/mol. The molecule has 0 spiro atoms. The van der Waals surface area contributed by atoms with Gasteiger partial charge in [0.25, 0.3) is 0 Å². The summed E-state index contributed by atoms with van der Waals surface area (Å²) in [5.41, 5.74) is 10.2. The largest absolute Gasteiger partial charge is 0.351 e. The van der Waals surface area contributed by atoms with Crippen molar-refractivity contribution < 1.29 is 0 Å². The molecule has 1 aliphatic carbocycles. The van der Waals surface area contributed by atoms with E-state index in [1.165, 1.54) is 29.7 Å². The SMILES string of the molecule is Cn1cc(CCn2ccc3c2CCCC3N)cn1.